The Balaban J connectivity index is 2.55. The summed E-state index contributed by atoms with van der Waals surface area (Å²) in [5, 5.41) is 0.290. The summed E-state index contributed by atoms with van der Waals surface area (Å²) in [4.78, 5) is 11.4. The van der Waals surface area contributed by atoms with Crippen molar-refractivity contribution < 1.29 is 18.7 Å². The van der Waals surface area contributed by atoms with Gasteiger partial charge in [0.15, 0.2) is 0 Å². The normalized spacial score (nSPS) is 10.2. The molecule has 0 aliphatic heterocycles. The fourth-order valence-corrected chi connectivity index (χ4v) is 1.24. The van der Waals surface area contributed by atoms with E-state index in [1.807, 2.05) is 6.92 Å². The third-order valence-corrected chi connectivity index (χ3v) is 2.05. The van der Waals surface area contributed by atoms with Crippen molar-refractivity contribution in [3.8, 4) is 0 Å². The molecule has 0 aliphatic carbocycles. The standard InChI is InChI=1S/C11H12ClFO3/c1-2-15-5-6-16-11(14)9-7-8(12)3-4-10(9)13/h3-4,7H,2,5-6H2,1H3. The Kier molecular flexibility index (Phi) is 5.22. The molecule has 3 nitrogen and oxygen atoms in total. The highest BCUT2D eigenvalue weighted by atomic mass is 35.5. The molecule has 88 valence electrons. The smallest absolute Gasteiger partial charge is 0.341 e. The molecule has 0 unspecified atom stereocenters. The van der Waals surface area contributed by atoms with Crippen LogP contribution in [0, 0.1) is 5.82 Å². The van der Waals surface area contributed by atoms with E-state index in [4.69, 9.17) is 21.1 Å². The lowest BCUT2D eigenvalue weighted by Crippen LogP contribution is -2.12. The number of halogens is 2. The monoisotopic (exact) mass is 246 g/mol. The maximum Gasteiger partial charge on any atom is 0.341 e. The van der Waals surface area contributed by atoms with Crippen LogP contribution in [-0.2, 0) is 9.47 Å². The van der Waals surface area contributed by atoms with Crippen LogP contribution >= 0.6 is 11.6 Å². The maximum atomic E-state index is 13.2. The number of esters is 1. The highest BCUT2D eigenvalue weighted by Gasteiger charge is 2.13. The van der Waals surface area contributed by atoms with E-state index in [0.29, 0.717) is 13.2 Å². The molecular weight excluding hydrogens is 235 g/mol. The van der Waals surface area contributed by atoms with E-state index in [-0.39, 0.29) is 17.2 Å². The van der Waals surface area contributed by atoms with E-state index in [1.54, 1.807) is 0 Å². The van der Waals surface area contributed by atoms with Crippen LogP contribution in [0.15, 0.2) is 18.2 Å². The zero-order valence-corrected chi connectivity index (χ0v) is 9.59. The number of benzene rings is 1. The average Bonchev–Trinajstić information content (AvgIpc) is 2.27. The molecule has 1 aromatic rings. The minimum atomic E-state index is -0.736. The van der Waals surface area contributed by atoms with Gasteiger partial charge in [0.25, 0.3) is 0 Å². The zero-order chi connectivity index (χ0) is 12.0. The van der Waals surface area contributed by atoms with Crippen molar-refractivity contribution in [2.24, 2.45) is 0 Å². The molecule has 0 fully saturated rings. The third-order valence-electron chi connectivity index (χ3n) is 1.81. The molecule has 1 rings (SSSR count). The number of carbonyl (C=O) groups excluding carboxylic acids is 1. The van der Waals surface area contributed by atoms with Crippen molar-refractivity contribution in [2.45, 2.75) is 6.92 Å². The fraction of sp³-hybridized carbons (Fsp3) is 0.364. The SMILES string of the molecule is CCOCCOC(=O)c1cc(Cl)ccc1F. The molecule has 0 heterocycles. The summed E-state index contributed by atoms with van der Waals surface area (Å²) in [6.45, 7) is 2.77. The summed E-state index contributed by atoms with van der Waals surface area (Å²) in [6, 6.07) is 3.73. The van der Waals surface area contributed by atoms with Gasteiger partial charge in [-0.25, -0.2) is 9.18 Å². The largest absolute Gasteiger partial charge is 0.460 e. The lowest BCUT2D eigenvalue weighted by atomic mass is 10.2. The maximum absolute atomic E-state index is 13.2. The quantitative estimate of drug-likeness (QED) is 0.592. The second-order valence-electron chi connectivity index (χ2n) is 2.96. The van der Waals surface area contributed by atoms with Crippen molar-refractivity contribution in [2.75, 3.05) is 19.8 Å². The molecule has 16 heavy (non-hydrogen) atoms. The second-order valence-corrected chi connectivity index (χ2v) is 3.39. The molecule has 0 bridgehead atoms. The van der Waals surface area contributed by atoms with Gasteiger partial charge in [-0.15, -0.1) is 0 Å². The Bertz CT molecular complexity index is 368. The van der Waals surface area contributed by atoms with Crippen LogP contribution in [0.1, 0.15) is 17.3 Å². The van der Waals surface area contributed by atoms with Gasteiger partial charge in [-0.1, -0.05) is 11.6 Å². The summed E-state index contributed by atoms with van der Waals surface area (Å²) < 4.78 is 23.0. The summed E-state index contributed by atoms with van der Waals surface area (Å²) >= 11 is 5.65. The first-order chi connectivity index (χ1) is 7.65. The van der Waals surface area contributed by atoms with Gasteiger partial charge in [0.05, 0.1) is 12.2 Å². The summed E-state index contributed by atoms with van der Waals surface area (Å²) in [5.41, 5.74) is -0.163. The predicted molar refractivity (Wildman–Crippen MR) is 58.2 cm³/mol. The molecule has 0 N–H and O–H groups in total. The van der Waals surface area contributed by atoms with Crippen molar-refractivity contribution in [3.63, 3.8) is 0 Å². The van der Waals surface area contributed by atoms with Gasteiger partial charge >= 0.3 is 5.97 Å². The molecule has 0 aliphatic rings. The second kappa shape index (κ2) is 6.45. The first kappa shape index (κ1) is 12.9. The van der Waals surface area contributed by atoms with Crippen molar-refractivity contribution in [3.05, 3.63) is 34.6 Å². The van der Waals surface area contributed by atoms with Gasteiger partial charge in [0.2, 0.25) is 0 Å². The van der Waals surface area contributed by atoms with Gasteiger partial charge < -0.3 is 9.47 Å². The number of ether oxygens (including phenoxy) is 2. The van der Waals surface area contributed by atoms with Gasteiger partial charge in [-0.3, -0.25) is 0 Å². The summed E-state index contributed by atoms with van der Waals surface area (Å²) in [6.07, 6.45) is 0. The van der Waals surface area contributed by atoms with Crippen LogP contribution in [0.25, 0.3) is 0 Å². The Morgan fingerprint density at radius 2 is 2.19 bits per heavy atom. The van der Waals surface area contributed by atoms with Crippen molar-refractivity contribution in [1.29, 1.82) is 0 Å². The Morgan fingerprint density at radius 3 is 2.88 bits per heavy atom. The first-order valence-corrected chi connectivity index (χ1v) is 5.23. The molecular formula is C11H12ClFO3. The molecule has 0 spiro atoms. The minimum Gasteiger partial charge on any atom is -0.460 e. The molecule has 0 amide bonds. The van der Waals surface area contributed by atoms with Gasteiger partial charge in [0.1, 0.15) is 12.4 Å². The number of carbonyl (C=O) groups is 1. The van der Waals surface area contributed by atoms with E-state index in [9.17, 15) is 9.18 Å². The highest BCUT2D eigenvalue weighted by Crippen LogP contribution is 2.15. The van der Waals surface area contributed by atoms with Crippen LogP contribution < -0.4 is 0 Å². The third kappa shape index (κ3) is 3.79. The molecule has 0 saturated carbocycles. The molecule has 1 aromatic carbocycles. The average molecular weight is 247 g/mol. The van der Waals surface area contributed by atoms with E-state index >= 15 is 0 Å². The van der Waals surface area contributed by atoms with Gasteiger partial charge in [0, 0.05) is 11.6 Å². The molecule has 0 saturated heterocycles. The number of rotatable bonds is 5. The van der Waals surface area contributed by atoms with Crippen LogP contribution in [0.5, 0.6) is 0 Å². The number of hydrogen-bond donors (Lipinski definition) is 0. The summed E-state index contributed by atoms with van der Waals surface area (Å²) in [7, 11) is 0. The molecule has 0 radical (unpaired) electrons. The zero-order valence-electron chi connectivity index (χ0n) is 8.83. The van der Waals surface area contributed by atoms with Crippen molar-refractivity contribution in [1.82, 2.24) is 0 Å². The van der Waals surface area contributed by atoms with E-state index in [2.05, 4.69) is 0 Å². The fourth-order valence-electron chi connectivity index (χ4n) is 1.07. The first-order valence-electron chi connectivity index (χ1n) is 4.85. The topological polar surface area (TPSA) is 35.5 Å². The Morgan fingerprint density at radius 1 is 1.44 bits per heavy atom. The van der Waals surface area contributed by atoms with Gasteiger partial charge in [-0.05, 0) is 25.1 Å². The van der Waals surface area contributed by atoms with Crippen LogP contribution in [-0.4, -0.2) is 25.8 Å². The lowest BCUT2D eigenvalue weighted by molar-refractivity contribution is 0.0331. The molecule has 0 aromatic heterocycles. The van der Waals surface area contributed by atoms with E-state index < -0.39 is 11.8 Å². The molecule has 0 atom stereocenters. The van der Waals surface area contributed by atoms with Crippen molar-refractivity contribution >= 4 is 17.6 Å². The lowest BCUT2D eigenvalue weighted by Gasteiger charge is -2.05. The van der Waals surface area contributed by atoms with Crippen LogP contribution in [0.4, 0.5) is 4.39 Å². The van der Waals surface area contributed by atoms with E-state index in [1.165, 1.54) is 12.1 Å². The Labute approximate surface area is 98.1 Å². The number of hydrogen-bond acceptors (Lipinski definition) is 3. The van der Waals surface area contributed by atoms with Gasteiger partial charge in [-0.2, -0.15) is 0 Å². The van der Waals surface area contributed by atoms with E-state index in [0.717, 1.165) is 6.07 Å². The minimum absolute atomic E-state index is 0.0959. The molecule has 5 heteroatoms. The summed E-state index contributed by atoms with van der Waals surface area (Å²) in [5.74, 6) is -1.38. The highest BCUT2D eigenvalue weighted by molar-refractivity contribution is 6.30. The van der Waals surface area contributed by atoms with Crippen LogP contribution in [0.2, 0.25) is 5.02 Å². The predicted octanol–water partition coefficient (Wildman–Crippen LogP) is 2.67. The Hall–Kier alpha value is -1.13. The van der Waals surface area contributed by atoms with Crippen LogP contribution in [0.3, 0.4) is 0 Å².